The van der Waals surface area contributed by atoms with E-state index in [-0.39, 0.29) is 0 Å². The van der Waals surface area contributed by atoms with Gasteiger partial charge in [-0.05, 0) is 41.9 Å². The van der Waals surface area contributed by atoms with Gasteiger partial charge in [-0.1, -0.05) is 6.08 Å². The monoisotopic (exact) mass is 178 g/mol. The van der Waals surface area contributed by atoms with Crippen LogP contribution in [0.2, 0.25) is 0 Å². The summed E-state index contributed by atoms with van der Waals surface area (Å²) in [6.07, 6.45) is 5.97. The average molecular weight is 178 g/mol. The van der Waals surface area contributed by atoms with Gasteiger partial charge in [0.05, 0.1) is 0 Å². The Bertz CT molecular complexity index is 350. The van der Waals surface area contributed by atoms with Crippen molar-refractivity contribution in [3.8, 4) is 0 Å². The van der Waals surface area contributed by atoms with Gasteiger partial charge in [0.2, 0.25) is 0 Å². The summed E-state index contributed by atoms with van der Waals surface area (Å²) in [5.74, 6) is 0. The normalized spacial score (nSPS) is 12.3. The molecule has 1 aromatic heterocycles. The van der Waals surface area contributed by atoms with Crippen LogP contribution in [0.4, 0.5) is 0 Å². The third kappa shape index (κ3) is 2.37. The average Bonchev–Trinajstić information content (AvgIpc) is 2.54. The summed E-state index contributed by atoms with van der Waals surface area (Å²) < 4.78 is 4.53. The summed E-state index contributed by atoms with van der Waals surface area (Å²) in [7, 11) is 0. The molecule has 0 radical (unpaired) electrons. The Morgan fingerprint density at radius 2 is 2.08 bits per heavy atom. The highest BCUT2D eigenvalue weighted by Gasteiger charge is 2.03. The fourth-order valence-corrected chi connectivity index (χ4v) is 0.826. The van der Waals surface area contributed by atoms with Crippen LogP contribution in [0.1, 0.15) is 25.2 Å². The second-order valence-corrected chi connectivity index (χ2v) is 2.54. The summed E-state index contributed by atoms with van der Waals surface area (Å²) in [6.45, 7) is 3.57. The van der Waals surface area contributed by atoms with E-state index in [9.17, 15) is 4.79 Å². The molecular formula is C9H10N2O2. The lowest BCUT2D eigenvalue weighted by Gasteiger charge is -1.86. The molecule has 0 aliphatic carbocycles. The molecule has 13 heavy (non-hydrogen) atoms. The molecule has 0 fully saturated rings. The zero-order valence-electron chi connectivity index (χ0n) is 7.52. The first-order chi connectivity index (χ1) is 6.27. The van der Waals surface area contributed by atoms with E-state index < -0.39 is 0 Å². The molecule has 0 N–H and O–H groups in total. The molecule has 0 aromatic carbocycles. The molecule has 68 valence electrons. The Morgan fingerprint density at radius 1 is 1.38 bits per heavy atom. The van der Waals surface area contributed by atoms with Crippen LogP contribution in [0.15, 0.2) is 16.3 Å². The first-order valence-corrected chi connectivity index (χ1v) is 3.86. The number of carbonyl (C=O) groups excluding carboxylic acids is 1. The molecule has 0 saturated carbocycles. The van der Waals surface area contributed by atoms with E-state index >= 15 is 0 Å². The number of aromatic nitrogens is 2. The van der Waals surface area contributed by atoms with Gasteiger partial charge in [-0.3, -0.25) is 4.79 Å². The standard InChI is InChI=1S/C9H10N2O2/c1-3-4-8-9(11-13-10-8)5-7(2)6-12/h3-6H,1-2H3/b4-3-,7-5+. The lowest BCUT2D eigenvalue weighted by atomic mass is 10.2. The molecule has 0 saturated heterocycles. The lowest BCUT2D eigenvalue weighted by molar-refractivity contribution is -0.104. The van der Waals surface area contributed by atoms with Crippen LogP contribution < -0.4 is 0 Å². The van der Waals surface area contributed by atoms with Crippen LogP contribution in [0, 0.1) is 0 Å². The number of hydrogen-bond acceptors (Lipinski definition) is 4. The number of hydrogen-bond donors (Lipinski definition) is 0. The zero-order chi connectivity index (χ0) is 9.68. The van der Waals surface area contributed by atoms with Gasteiger partial charge >= 0.3 is 0 Å². The SMILES string of the molecule is C/C=C\c1nonc1/C=C(\C)C=O. The molecular weight excluding hydrogens is 168 g/mol. The van der Waals surface area contributed by atoms with Gasteiger partial charge in [0.1, 0.15) is 17.7 Å². The van der Waals surface area contributed by atoms with Crippen molar-refractivity contribution in [3.63, 3.8) is 0 Å². The number of aldehydes is 1. The first-order valence-electron chi connectivity index (χ1n) is 3.86. The number of allylic oxidation sites excluding steroid dienone is 2. The van der Waals surface area contributed by atoms with Gasteiger partial charge in [-0.2, -0.15) is 0 Å². The van der Waals surface area contributed by atoms with Gasteiger partial charge in [-0.15, -0.1) is 0 Å². The molecule has 1 aromatic rings. The molecule has 0 spiro atoms. The van der Waals surface area contributed by atoms with Gasteiger partial charge < -0.3 is 0 Å². The fraction of sp³-hybridized carbons (Fsp3) is 0.222. The Labute approximate surface area is 75.9 Å². The van der Waals surface area contributed by atoms with Gasteiger partial charge in [0.15, 0.2) is 0 Å². The molecule has 0 aliphatic rings. The third-order valence-corrected chi connectivity index (χ3v) is 1.42. The molecule has 1 heterocycles. The van der Waals surface area contributed by atoms with E-state index in [1.54, 1.807) is 19.1 Å². The van der Waals surface area contributed by atoms with Crippen LogP contribution in [-0.2, 0) is 4.79 Å². The zero-order valence-corrected chi connectivity index (χ0v) is 7.52. The van der Waals surface area contributed by atoms with Gasteiger partial charge in [-0.25, -0.2) is 4.63 Å². The quantitative estimate of drug-likeness (QED) is 0.522. The summed E-state index contributed by atoms with van der Waals surface area (Å²) in [5, 5.41) is 7.31. The molecule has 0 amide bonds. The summed E-state index contributed by atoms with van der Waals surface area (Å²) in [6, 6.07) is 0. The maximum Gasteiger partial charge on any atom is 0.145 e. The van der Waals surface area contributed by atoms with Gasteiger partial charge in [0.25, 0.3) is 0 Å². The highest BCUT2D eigenvalue weighted by atomic mass is 16.6. The maximum atomic E-state index is 10.3. The van der Waals surface area contributed by atoms with E-state index in [1.807, 2.05) is 13.0 Å². The Kier molecular flexibility index (Phi) is 3.14. The van der Waals surface area contributed by atoms with E-state index in [1.165, 1.54) is 0 Å². The summed E-state index contributed by atoms with van der Waals surface area (Å²) in [5.41, 5.74) is 1.79. The molecule has 0 unspecified atom stereocenters. The van der Waals surface area contributed by atoms with E-state index in [0.29, 0.717) is 17.0 Å². The first kappa shape index (κ1) is 9.38. The summed E-state index contributed by atoms with van der Waals surface area (Å²) >= 11 is 0. The third-order valence-electron chi connectivity index (χ3n) is 1.42. The van der Waals surface area contributed by atoms with E-state index in [0.717, 1.165) is 6.29 Å². The summed E-state index contributed by atoms with van der Waals surface area (Å²) in [4.78, 5) is 10.3. The molecule has 4 nitrogen and oxygen atoms in total. The van der Waals surface area contributed by atoms with E-state index in [2.05, 4.69) is 14.9 Å². The van der Waals surface area contributed by atoms with Crippen molar-refractivity contribution in [2.45, 2.75) is 13.8 Å². The molecule has 1 rings (SSSR count). The van der Waals surface area contributed by atoms with Crippen molar-refractivity contribution in [1.29, 1.82) is 0 Å². The Hall–Kier alpha value is -1.71. The van der Waals surface area contributed by atoms with E-state index in [4.69, 9.17) is 0 Å². The predicted molar refractivity (Wildman–Crippen MR) is 48.7 cm³/mol. The molecule has 0 bridgehead atoms. The second-order valence-electron chi connectivity index (χ2n) is 2.54. The smallest absolute Gasteiger partial charge is 0.145 e. The van der Waals surface area contributed by atoms with Crippen molar-refractivity contribution in [2.24, 2.45) is 0 Å². The second kappa shape index (κ2) is 4.35. The maximum absolute atomic E-state index is 10.3. The van der Waals surface area contributed by atoms with Crippen molar-refractivity contribution >= 4 is 18.4 Å². The Morgan fingerprint density at radius 3 is 2.69 bits per heavy atom. The van der Waals surface area contributed by atoms with Crippen LogP contribution in [0.5, 0.6) is 0 Å². The van der Waals surface area contributed by atoms with Crippen LogP contribution >= 0.6 is 0 Å². The number of rotatable bonds is 3. The van der Waals surface area contributed by atoms with Gasteiger partial charge in [0, 0.05) is 0 Å². The molecule has 0 atom stereocenters. The van der Waals surface area contributed by atoms with Crippen LogP contribution in [0.3, 0.4) is 0 Å². The predicted octanol–water partition coefficient (Wildman–Crippen LogP) is 1.70. The highest BCUT2D eigenvalue weighted by Crippen LogP contribution is 2.08. The number of carbonyl (C=O) groups is 1. The van der Waals surface area contributed by atoms with Crippen molar-refractivity contribution in [1.82, 2.24) is 10.3 Å². The van der Waals surface area contributed by atoms with Crippen molar-refractivity contribution in [2.75, 3.05) is 0 Å². The largest absolute Gasteiger partial charge is 0.298 e. The number of nitrogens with zero attached hydrogens (tertiary/aromatic N) is 2. The van der Waals surface area contributed by atoms with Crippen LogP contribution in [0.25, 0.3) is 12.2 Å². The minimum absolute atomic E-state index is 0.572. The Balaban J connectivity index is 3.00. The fourth-order valence-electron chi connectivity index (χ4n) is 0.826. The minimum Gasteiger partial charge on any atom is -0.298 e. The highest BCUT2D eigenvalue weighted by molar-refractivity contribution is 5.81. The minimum atomic E-state index is 0.572. The molecule has 0 aliphatic heterocycles. The topological polar surface area (TPSA) is 56.0 Å². The molecule has 4 heteroatoms. The van der Waals surface area contributed by atoms with Crippen molar-refractivity contribution < 1.29 is 9.42 Å². The van der Waals surface area contributed by atoms with Crippen molar-refractivity contribution in [3.05, 3.63) is 23.0 Å². The lowest BCUT2D eigenvalue weighted by Crippen LogP contribution is -1.81. The van der Waals surface area contributed by atoms with Crippen LogP contribution in [-0.4, -0.2) is 16.6 Å².